The molecule has 0 N–H and O–H groups in total. The molecule has 0 bridgehead atoms. The summed E-state index contributed by atoms with van der Waals surface area (Å²) in [5, 5.41) is 15.6. The van der Waals surface area contributed by atoms with E-state index >= 15 is 0 Å². The normalized spacial score (nSPS) is 14.5. The molecule has 13 aromatic carbocycles. The van der Waals surface area contributed by atoms with Gasteiger partial charge in [-0.05, 0) is 202 Å². The lowest BCUT2D eigenvalue weighted by atomic mass is 9.32. The molecule has 0 atom stereocenters. The smallest absolute Gasteiger partial charge is 0.252 e. The van der Waals surface area contributed by atoms with E-state index in [0.29, 0.717) is 0 Å². The van der Waals surface area contributed by atoms with Crippen molar-refractivity contribution in [3.05, 3.63) is 247 Å². The molecule has 0 radical (unpaired) electrons. The topological polar surface area (TPSA) is 6.48 Å². The average Bonchev–Trinajstić information content (AvgIpc) is 3.63. The third kappa shape index (κ3) is 6.20. The Bertz CT molecular complexity index is 4570. The van der Waals surface area contributed by atoms with E-state index < -0.39 is 0 Å². The predicted octanol–water partition coefficient (Wildman–Crippen LogP) is 17.8. The lowest BCUT2D eigenvalue weighted by molar-refractivity contribution is 0.687. The Morgan fingerprint density at radius 3 is 1.18 bits per heavy atom. The van der Waals surface area contributed by atoms with Gasteiger partial charge in [-0.15, -0.1) is 0 Å². The van der Waals surface area contributed by atoms with Crippen molar-refractivity contribution in [2.75, 3.05) is 9.80 Å². The van der Waals surface area contributed by atoms with Gasteiger partial charge < -0.3 is 9.80 Å². The molecule has 0 saturated heterocycles. The number of nitrogens with zero attached hydrogens (tertiary/aromatic N) is 2. The van der Waals surface area contributed by atoms with E-state index in [0.717, 1.165) is 25.7 Å². The van der Waals surface area contributed by atoms with E-state index in [-0.39, 0.29) is 6.71 Å². The van der Waals surface area contributed by atoms with E-state index in [1.54, 1.807) is 0 Å². The zero-order valence-corrected chi connectivity index (χ0v) is 43.0. The third-order valence-corrected chi connectivity index (χ3v) is 18.3. The van der Waals surface area contributed by atoms with Crippen LogP contribution in [0.1, 0.15) is 47.9 Å². The highest BCUT2D eigenvalue weighted by molar-refractivity contribution is 7.00. The molecule has 4 aliphatic rings. The average molecular weight is 981 g/mol. The molecule has 0 unspecified atom stereocenters. The van der Waals surface area contributed by atoms with Crippen molar-refractivity contribution < 1.29 is 0 Å². The Kier molecular flexibility index (Phi) is 9.45. The van der Waals surface area contributed by atoms with Gasteiger partial charge in [-0.3, -0.25) is 0 Å². The van der Waals surface area contributed by atoms with Crippen molar-refractivity contribution in [1.82, 2.24) is 0 Å². The Labute approximate surface area is 449 Å². The first-order valence-electron chi connectivity index (χ1n) is 28.1. The summed E-state index contributed by atoms with van der Waals surface area (Å²) in [6, 6.07) is 86.1. The van der Waals surface area contributed by atoms with Crippen molar-refractivity contribution in [1.29, 1.82) is 0 Å². The summed E-state index contributed by atoms with van der Waals surface area (Å²) in [7, 11) is 0. The van der Waals surface area contributed by atoms with Crippen LogP contribution in [0.3, 0.4) is 0 Å². The van der Waals surface area contributed by atoms with Gasteiger partial charge in [0.05, 0.1) is 5.69 Å². The van der Waals surface area contributed by atoms with E-state index in [2.05, 4.69) is 234 Å². The maximum atomic E-state index is 2.77. The molecule has 362 valence electrons. The molecular formula is C74H53BN2. The minimum atomic E-state index is -0.0270. The maximum Gasteiger partial charge on any atom is 0.252 e. The summed E-state index contributed by atoms with van der Waals surface area (Å²) in [4.78, 5) is 5.51. The molecule has 2 nitrogen and oxygen atoms in total. The van der Waals surface area contributed by atoms with Crippen LogP contribution in [-0.4, -0.2) is 6.71 Å². The van der Waals surface area contributed by atoms with Crippen molar-refractivity contribution in [3.8, 4) is 22.3 Å². The van der Waals surface area contributed by atoms with E-state index in [9.17, 15) is 0 Å². The van der Waals surface area contributed by atoms with Gasteiger partial charge in [0.1, 0.15) is 0 Å². The zero-order valence-electron chi connectivity index (χ0n) is 43.0. The number of benzene rings is 13. The molecule has 3 heteroatoms. The fourth-order valence-electron chi connectivity index (χ4n) is 15.2. The van der Waals surface area contributed by atoms with Crippen LogP contribution in [0.2, 0.25) is 0 Å². The number of fused-ring (bicyclic) bond motifs is 20. The second-order valence-corrected chi connectivity index (χ2v) is 22.2. The Balaban J connectivity index is 1.04. The Morgan fingerprint density at radius 2 is 0.662 bits per heavy atom. The molecular weight excluding hydrogens is 928 g/mol. The highest BCUT2D eigenvalue weighted by atomic mass is 15.2. The first-order chi connectivity index (χ1) is 38.3. The minimum absolute atomic E-state index is 0.0270. The predicted molar refractivity (Wildman–Crippen MR) is 330 cm³/mol. The quantitative estimate of drug-likeness (QED) is 0.128. The van der Waals surface area contributed by atoms with Crippen LogP contribution >= 0.6 is 0 Å². The largest absolute Gasteiger partial charge is 0.311 e. The van der Waals surface area contributed by atoms with Crippen LogP contribution in [-0.2, 0) is 25.7 Å². The maximum absolute atomic E-state index is 2.77. The molecule has 2 heterocycles. The number of hydrogen-bond donors (Lipinski definition) is 0. The van der Waals surface area contributed by atoms with Gasteiger partial charge in [0.25, 0.3) is 6.71 Å². The van der Waals surface area contributed by atoms with Gasteiger partial charge >= 0.3 is 0 Å². The summed E-state index contributed by atoms with van der Waals surface area (Å²) in [6.07, 6.45) is 8.99. The standard InChI is InChI=1S/C74H53BN2/c1-3-21-46(22-4-1)63-44-66-73(61-35-17-14-32-56(61)63)76(48-41-42-58-51-27-8-7-25-49(51)50-26-10-12-31-55(50)65(58)43-48)69-39-20-40-70-72(69)75(66)67-45-64(47-23-5-2-6-24-47)57-33-15-18-36-62(57)74(67)77(70)68-38-19-37-60-54-29-11-9-28-52(54)53-30-13-16-34-59(53)71(60)68/h1-13,16,19-31,34,37-45H,14-15,17-18,32-33,35-36H2. The van der Waals surface area contributed by atoms with Gasteiger partial charge in [-0.2, -0.15) is 0 Å². The Hall–Kier alpha value is -8.92. The third-order valence-electron chi connectivity index (χ3n) is 18.3. The molecule has 77 heavy (non-hydrogen) atoms. The second kappa shape index (κ2) is 16.8. The molecule has 0 spiro atoms. The lowest BCUT2D eigenvalue weighted by Gasteiger charge is -2.47. The fraction of sp³-hybridized carbons (Fsp3) is 0.108. The van der Waals surface area contributed by atoms with Crippen molar-refractivity contribution in [2.45, 2.75) is 51.4 Å². The van der Waals surface area contributed by atoms with E-state index in [1.807, 2.05) is 0 Å². The lowest BCUT2D eigenvalue weighted by Crippen LogP contribution is -2.62. The second-order valence-electron chi connectivity index (χ2n) is 22.2. The van der Waals surface area contributed by atoms with Crippen molar-refractivity contribution in [2.24, 2.45) is 0 Å². The number of anilines is 6. The molecule has 2 aliphatic heterocycles. The van der Waals surface area contributed by atoms with E-state index in [4.69, 9.17) is 0 Å². The summed E-state index contributed by atoms with van der Waals surface area (Å²) in [6.45, 7) is -0.0270. The van der Waals surface area contributed by atoms with Crippen molar-refractivity contribution >= 4 is 122 Å². The van der Waals surface area contributed by atoms with Crippen LogP contribution in [0.5, 0.6) is 0 Å². The Morgan fingerprint density at radius 1 is 0.286 bits per heavy atom. The summed E-state index contributed by atoms with van der Waals surface area (Å²) < 4.78 is 0. The monoisotopic (exact) mass is 980 g/mol. The molecule has 17 rings (SSSR count). The molecule has 2 aliphatic carbocycles. The number of rotatable bonds is 4. The molecule has 0 fully saturated rings. The van der Waals surface area contributed by atoms with Crippen LogP contribution in [0.4, 0.5) is 34.1 Å². The molecule has 0 saturated carbocycles. The van der Waals surface area contributed by atoms with Gasteiger partial charge in [0.15, 0.2) is 0 Å². The molecule has 0 aromatic heterocycles. The van der Waals surface area contributed by atoms with E-state index in [1.165, 1.54) is 185 Å². The first kappa shape index (κ1) is 43.3. The summed E-state index contributed by atoms with van der Waals surface area (Å²) in [5.41, 5.74) is 23.5. The first-order valence-corrected chi connectivity index (χ1v) is 28.1. The zero-order chi connectivity index (χ0) is 50.3. The van der Waals surface area contributed by atoms with Crippen LogP contribution in [0.15, 0.2) is 224 Å². The van der Waals surface area contributed by atoms with Gasteiger partial charge in [0.2, 0.25) is 0 Å². The fourth-order valence-corrected chi connectivity index (χ4v) is 15.2. The van der Waals surface area contributed by atoms with Crippen LogP contribution in [0.25, 0.3) is 86.9 Å². The minimum Gasteiger partial charge on any atom is -0.311 e. The number of hydrogen-bond acceptors (Lipinski definition) is 2. The SMILES string of the molecule is c1ccc(-c2cc3c(c4c2CCCC4)N(c2ccc4c5ccccc5c5ccccc5c4c2)c2cccc4c2B3c2cc(-c3ccccc3)c3c(c2N4c2cccc4c5ccccc5c5ccccc5c24)CCCC3)cc1. The highest BCUT2D eigenvalue weighted by Gasteiger charge is 2.47. The highest BCUT2D eigenvalue weighted by Crippen LogP contribution is 2.53. The molecule has 13 aromatic rings. The van der Waals surface area contributed by atoms with Gasteiger partial charge in [-0.25, -0.2) is 0 Å². The summed E-state index contributed by atoms with van der Waals surface area (Å²) in [5.74, 6) is 0. The van der Waals surface area contributed by atoms with Gasteiger partial charge in [0, 0.05) is 33.8 Å². The molecule has 0 amide bonds. The van der Waals surface area contributed by atoms with Crippen LogP contribution in [0, 0.1) is 0 Å². The van der Waals surface area contributed by atoms with Crippen molar-refractivity contribution in [3.63, 3.8) is 0 Å². The van der Waals surface area contributed by atoms with Crippen LogP contribution < -0.4 is 26.2 Å². The summed E-state index contributed by atoms with van der Waals surface area (Å²) >= 11 is 0. The van der Waals surface area contributed by atoms with Gasteiger partial charge in [-0.1, -0.05) is 194 Å².